The number of hydrogen-bond donors (Lipinski definition) is 1. The fourth-order valence-electron chi connectivity index (χ4n) is 6.47. The van der Waals surface area contributed by atoms with Crippen LogP contribution in [0.25, 0.3) is 0 Å². The molecular formula is C26H42N2O6. The van der Waals surface area contributed by atoms with E-state index in [1.807, 2.05) is 41.5 Å². The van der Waals surface area contributed by atoms with Crippen molar-refractivity contribution in [1.82, 2.24) is 9.80 Å². The Kier molecular flexibility index (Phi) is 7.27. The molecular weight excluding hydrogens is 436 g/mol. The summed E-state index contributed by atoms with van der Waals surface area (Å²) in [6.45, 7) is 17.4. The molecule has 3 aliphatic rings. The second-order valence-corrected chi connectivity index (χ2v) is 11.2. The van der Waals surface area contributed by atoms with Crippen LogP contribution in [0.5, 0.6) is 0 Å². The molecule has 6 atom stereocenters. The molecule has 0 radical (unpaired) electrons. The Balaban J connectivity index is 2.21. The molecule has 2 amide bonds. The number of likely N-dealkylation sites (tertiary alicyclic amines) is 1. The van der Waals surface area contributed by atoms with Gasteiger partial charge in [-0.25, -0.2) is 0 Å². The predicted octanol–water partition coefficient (Wildman–Crippen LogP) is 2.53. The molecule has 0 aromatic carbocycles. The van der Waals surface area contributed by atoms with Crippen LogP contribution < -0.4 is 0 Å². The molecule has 0 saturated carbocycles. The third kappa shape index (κ3) is 3.77. The molecule has 3 fully saturated rings. The first-order chi connectivity index (χ1) is 15.9. The number of rotatable bonds is 9. The van der Waals surface area contributed by atoms with Gasteiger partial charge in [0.15, 0.2) is 0 Å². The van der Waals surface area contributed by atoms with Gasteiger partial charge in [-0.15, -0.1) is 6.58 Å². The minimum atomic E-state index is -1.13. The molecule has 2 bridgehead atoms. The second kappa shape index (κ2) is 9.26. The zero-order chi connectivity index (χ0) is 25.6. The van der Waals surface area contributed by atoms with Gasteiger partial charge in [-0.2, -0.15) is 0 Å². The maximum absolute atomic E-state index is 14.3. The number of esters is 1. The topological polar surface area (TPSA) is 96.4 Å². The van der Waals surface area contributed by atoms with Crippen molar-refractivity contribution in [2.75, 3.05) is 19.8 Å². The first-order valence-corrected chi connectivity index (χ1v) is 12.6. The largest absolute Gasteiger partial charge is 0.466 e. The molecule has 3 saturated heterocycles. The fraction of sp³-hybridized carbons (Fsp3) is 0.808. The molecule has 8 heteroatoms. The van der Waals surface area contributed by atoms with Crippen LogP contribution in [-0.2, 0) is 23.9 Å². The van der Waals surface area contributed by atoms with E-state index >= 15 is 0 Å². The minimum Gasteiger partial charge on any atom is -0.466 e. The summed E-state index contributed by atoms with van der Waals surface area (Å²) in [6.07, 6.45) is 3.30. The lowest BCUT2D eigenvalue weighted by Crippen LogP contribution is -2.62. The molecule has 0 aromatic rings. The van der Waals surface area contributed by atoms with Crippen molar-refractivity contribution in [1.29, 1.82) is 0 Å². The molecule has 3 aliphatic heterocycles. The summed E-state index contributed by atoms with van der Waals surface area (Å²) in [6, 6.07) is -1.51. The van der Waals surface area contributed by atoms with E-state index in [0.717, 1.165) is 0 Å². The van der Waals surface area contributed by atoms with E-state index in [1.165, 1.54) is 4.90 Å². The highest BCUT2D eigenvalue weighted by molar-refractivity contribution is 5.99. The average Bonchev–Trinajstić information content (AvgIpc) is 3.35. The summed E-state index contributed by atoms with van der Waals surface area (Å²) >= 11 is 0. The highest BCUT2D eigenvalue weighted by Gasteiger charge is 2.79. The van der Waals surface area contributed by atoms with E-state index in [9.17, 15) is 19.5 Å². The van der Waals surface area contributed by atoms with Gasteiger partial charge in [0.25, 0.3) is 0 Å². The quantitative estimate of drug-likeness (QED) is 0.404. The molecule has 1 spiro atoms. The predicted molar refractivity (Wildman–Crippen MR) is 128 cm³/mol. The zero-order valence-electron chi connectivity index (χ0n) is 21.8. The lowest BCUT2D eigenvalue weighted by molar-refractivity contribution is -0.165. The number of fused-ring (bicyclic) bond motifs is 1. The lowest BCUT2D eigenvalue weighted by Gasteiger charge is -2.44. The van der Waals surface area contributed by atoms with Crippen LogP contribution in [0, 0.1) is 17.8 Å². The van der Waals surface area contributed by atoms with E-state index in [1.54, 1.807) is 17.9 Å². The molecule has 3 heterocycles. The maximum atomic E-state index is 14.3. The summed E-state index contributed by atoms with van der Waals surface area (Å²) in [5.74, 6) is -2.66. The molecule has 2 unspecified atom stereocenters. The number of ether oxygens (including phenoxy) is 2. The van der Waals surface area contributed by atoms with Gasteiger partial charge in [0, 0.05) is 12.1 Å². The number of carbonyl (C=O) groups is 3. The smallest absolute Gasteiger partial charge is 0.312 e. The molecule has 8 nitrogen and oxygen atoms in total. The van der Waals surface area contributed by atoms with Crippen molar-refractivity contribution in [2.24, 2.45) is 17.8 Å². The van der Waals surface area contributed by atoms with Gasteiger partial charge in [-0.1, -0.05) is 26.8 Å². The summed E-state index contributed by atoms with van der Waals surface area (Å²) in [5.41, 5.74) is -2.48. The Labute approximate surface area is 203 Å². The van der Waals surface area contributed by atoms with Crippen molar-refractivity contribution in [3.8, 4) is 0 Å². The second-order valence-electron chi connectivity index (χ2n) is 11.2. The summed E-state index contributed by atoms with van der Waals surface area (Å²) in [5, 5.41) is 10.3. The highest BCUT2D eigenvalue weighted by atomic mass is 16.6. The van der Waals surface area contributed by atoms with Crippen LogP contribution in [0.15, 0.2) is 12.7 Å². The molecule has 3 rings (SSSR count). The normalized spacial score (nSPS) is 33.3. The SMILES string of the molecule is C=CCN(C(=O)C1N([C@@H](CO)C(C)C)C(=O)[C@@H]2[C@@H](C(=O)OCC)[C@@]3(CC)CCC12O3)C(C)(C)C. The fourth-order valence-corrected chi connectivity index (χ4v) is 6.47. The average molecular weight is 479 g/mol. The number of amides is 2. The summed E-state index contributed by atoms with van der Waals surface area (Å²) < 4.78 is 12.1. The van der Waals surface area contributed by atoms with E-state index < -0.39 is 46.6 Å². The van der Waals surface area contributed by atoms with Gasteiger partial charge in [0.2, 0.25) is 11.8 Å². The van der Waals surface area contributed by atoms with Gasteiger partial charge in [0.1, 0.15) is 17.6 Å². The first kappa shape index (κ1) is 26.7. The van der Waals surface area contributed by atoms with Crippen LogP contribution in [0.1, 0.15) is 67.7 Å². The Morgan fingerprint density at radius 3 is 2.44 bits per heavy atom. The minimum absolute atomic E-state index is 0.0969. The molecule has 34 heavy (non-hydrogen) atoms. The molecule has 0 aliphatic carbocycles. The Morgan fingerprint density at radius 2 is 1.97 bits per heavy atom. The number of carbonyl (C=O) groups excluding carboxylic acids is 3. The lowest BCUT2D eigenvalue weighted by atomic mass is 9.65. The van der Waals surface area contributed by atoms with Gasteiger partial charge in [-0.05, 0) is 52.9 Å². The number of aliphatic hydroxyl groups excluding tert-OH is 1. The van der Waals surface area contributed by atoms with Crippen molar-refractivity contribution in [2.45, 2.75) is 96.6 Å². The zero-order valence-corrected chi connectivity index (χ0v) is 21.8. The van der Waals surface area contributed by atoms with E-state index in [2.05, 4.69) is 6.58 Å². The van der Waals surface area contributed by atoms with Crippen LogP contribution in [-0.4, -0.2) is 81.3 Å². The maximum Gasteiger partial charge on any atom is 0.312 e. The number of nitrogens with zero attached hydrogens (tertiary/aromatic N) is 2. The van der Waals surface area contributed by atoms with Crippen LogP contribution in [0.2, 0.25) is 0 Å². The van der Waals surface area contributed by atoms with Crippen LogP contribution >= 0.6 is 0 Å². The third-order valence-corrected chi connectivity index (χ3v) is 8.09. The standard InChI is InChI=1S/C26H42N2O6/c1-9-14-27(24(6,7)8)22(31)20-26-13-12-25(10-2,34-26)19(23(32)33-11-3)18(26)21(30)28(20)17(15-29)16(4)5/h9,16-20,29H,1,10-15H2,2-8H3/t17-,18-,19-,20?,25+,26?/m0/s1. The number of aliphatic hydroxyl groups is 1. The Hall–Kier alpha value is -1.93. The van der Waals surface area contributed by atoms with Crippen LogP contribution in [0.3, 0.4) is 0 Å². The molecule has 0 aromatic heterocycles. The van der Waals surface area contributed by atoms with E-state index in [-0.39, 0.29) is 30.9 Å². The number of hydrogen-bond acceptors (Lipinski definition) is 6. The van der Waals surface area contributed by atoms with Gasteiger partial charge in [-0.3, -0.25) is 14.4 Å². The van der Waals surface area contributed by atoms with E-state index in [0.29, 0.717) is 25.8 Å². The van der Waals surface area contributed by atoms with Crippen molar-refractivity contribution in [3.05, 3.63) is 12.7 Å². The van der Waals surface area contributed by atoms with Gasteiger partial charge >= 0.3 is 5.97 Å². The van der Waals surface area contributed by atoms with Crippen molar-refractivity contribution < 1.29 is 29.0 Å². The van der Waals surface area contributed by atoms with Crippen LogP contribution in [0.4, 0.5) is 0 Å². The first-order valence-electron chi connectivity index (χ1n) is 12.6. The van der Waals surface area contributed by atoms with Gasteiger partial charge < -0.3 is 24.4 Å². The summed E-state index contributed by atoms with van der Waals surface area (Å²) in [7, 11) is 0. The summed E-state index contributed by atoms with van der Waals surface area (Å²) in [4.78, 5) is 44.9. The molecule has 1 N–H and O–H groups in total. The molecule has 192 valence electrons. The Morgan fingerprint density at radius 1 is 1.32 bits per heavy atom. The Bertz CT molecular complexity index is 836. The highest BCUT2D eigenvalue weighted by Crippen LogP contribution is 2.65. The van der Waals surface area contributed by atoms with E-state index in [4.69, 9.17) is 9.47 Å². The van der Waals surface area contributed by atoms with Crippen molar-refractivity contribution in [3.63, 3.8) is 0 Å². The van der Waals surface area contributed by atoms with Crippen molar-refractivity contribution >= 4 is 17.8 Å². The third-order valence-electron chi connectivity index (χ3n) is 8.09. The monoisotopic (exact) mass is 478 g/mol. The van der Waals surface area contributed by atoms with Gasteiger partial charge in [0.05, 0.1) is 30.8 Å².